The molecule has 2 heterocycles. The predicted octanol–water partition coefficient (Wildman–Crippen LogP) is 12.4. The molecule has 0 aliphatic rings. The number of aromatic nitrogens is 4. The van der Waals surface area contributed by atoms with Crippen molar-refractivity contribution in [3.05, 3.63) is 242 Å². The molecule has 0 bridgehead atoms. The highest BCUT2D eigenvalue weighted by Crippen LogP contribution is 2.26. The number of ether oxygens (including phenoxy) is 2. The first-order valence-corrected chi connectivity index (χ1v) is 45.4. The Balaban J connectivity index is 0.000000486. The zero-order chi connectivity index (χ0) is 95.3. The molecule has 0 radical (unpaired) electrons. The molecule has 32 nitrogen and oxygen atoms in total. The van der Waals surface area contributed by atoms with Crippen LogP contribution in [0.2, 0.25) is 10.3 Å². The Morgan fingerprint density at radius 3 is 1.33 bits per heavy atom. The van der Waals surface area contributed by atoms with Crippen LogP contribution in [0.25, 0.3) is 38.4 Å². The predicted molar refractivity (Wildman–Crippen MR) is 576 cm³/mol. The van der Waals surface area contributed by atoms with E-state index < -0.39 is 42.0 Å². The van der Waals surface area contributed by atoms with Crippen molar-refractivity contribution < 1.29 is 43.0 Å². The van der Waals surface area contributed by atoms with Gasteiger partial charge in [0.1, 0.15) is 19.3 Å². The Kier molecular flexibility index (Phi) is 55.7. The monoisotopic (exact) mass is 2080 g/mol. The largest absolute Gasteiger partial charge is 0.445 e. The number of aliphatic imine (C=N–C) groups is 1. The molecule has 0 spiro atoms. The summed E-state index contributed by atoms with van der Waals surface area (Å²) < 4.78 is 10.9. The molecule has 10 rings (SSSR count). The molecule has 3 atom stereocenters. The number of primary amides is 3. The third-order valence-electron chi connectivity index (χ3n) is 20.6. The number of thioether (sulfide) groups is 1. The van der Waals surface area contributed by atoms with Gasteiger partial charge >= 0.3 is 12.2 Å². The summed E-state index contributed by atoms with van der Waals surface area (Å²) in [4.78, 5) is 112. The number of guanidine groups is 1. The number of amidine groups is 1. The van der Waals surface area contributed by atoms with E-state index in [1.165, 1.54) is 46.1 Å². The van der Waals surface area contributed by atoms with Crippen molar-refractivity contribution in [1.82, 2.24) is 66.1 Å². The number of nitrogens with one attached hydrogen (secondary N) is 6. The number of hydrogen-bond acceptors (Lipinski definition) is 25. The Morgan fingerprint density at radius 1 is 0.474 bits per heavy atom. The molecular formula is C96H134Cl2IN23O9S4. The van der Waals surface area contributed by atoms with E-state index in [0.717, 1.165) is 138 Å². The zero-order valence-corrected chi connectivity index (χ0v) is 85.6. The zero-order valence-electron chi connectivity index (χ0n) is 77.9. The van der Waals surface area contributed by atoms with Crippen molar-refractivity contribution in [1.29, 1.82) is 5.41 Å². The minimum Gasteiger partial charge on any atom is -0.445 e. The normalized spacial score (nSPS) is 11.6. The smallest absolute Gasteiger partial charge is 0.410 e. The number of nitrogens with two attached hydrogens (primary N) is 8. The molecular weight excluding hydrogens is 1950 g/mol. The van der Waals surface area contributed by atoms with Gasteiger partial charge in [-0.05, 0) is 235 Å². The van der Waals surface area contributed by atoms with Crippen LogP contribution in [0.15, 0.2) is 181 Å². The van der Waals surface area contributed by atoms with Gasteiger partial charge in [0.25, 0.3) is 11.8 Å². The molecule has 22 N–H and O–H groups in total. The molecule has 0 aliphatic heterocycles. The number of fused-ring (bicyclic) bond motifs is 3. The number of unbranched alkanes of at least 4 members (excludes halogenated alkanes) is 3. The lowest BCUT2D eigenvalue weighted by atomic mass is 9.98. The number of nitrogens with zero attached hydrogens (tertiary/aromatic N) is 9. The second kappa shape index (κ2) is 63.5. The highest BCUT2D eigenvalue weighted by molar-refractivity contribution is 14.0. The van der Waals surface area contributed by atoms with Crippen LogP contribution in [-0.2, 0) is 69.2 Å². The van der Waals surface area contributed by atoms with Crippen molar-refractivity contribution >= 4 is 214 Å². The van der Waals surface area contributed by atoms with Crippen molar-refractivity contribution in [3.63, 3.8) is 0 Å². The van der Waals surface area contributed by atoms with Gasteiger partial charge in [-0.15, -0.1) is 24.0 Å². The fourth-order valence-corrected chi connectivity index (χ4v) is 14.0. The lowest BCUT2D eigenvalue weighted by molar-refractivity contribution is -0.123. The van der Waals surface area contributed by atoms with Crippen LogP contribution in [0.5, 0.6) is 0 Å². The van der Waals surface area contributed by atoms with Crippen molar-refractivity contribution in [2.75, 3.05) is 124 Å². The van der Waals surface area contributed by atoms with E-state index in [0.29, 0.717) is 45.3 Å². The van der Waals surface area contributed by atoms with Crippen molar-refractivity contribution in [3.8, 4) is 0 Å². The standard InChI is InChI=1S/C38H44N4O5.C28H39ClN10O2.C23H35N3O.C7H9ClN6OS.HI.3H2S/c1-41(2)22-11-23-42(38(45)47-28-31-15-7-4-8-16-31)35(36(39)43)26-32-18-20-33-24-29(17-19-34(33)25-32)12-9-10-21-40-37(44)46-27-30-13-5-3-6-14-30;1-39(2)13-5-12-34-21(26(32)40)16-18-8-10-19-14-17(7-9-20(19)15-18)6-3-4-11-35-28(33)38-27(41)22-24(30)37-25(31)23(29)36-22;1-4-5-6-8-18-9-11-21-16-19(10-12-20(21)15-18)17-22(23(24)27)25-13-7-14-26(2)3;1-16-7(11)14-6(15)2-4(9)13-5(10)3(8)12-2;;;;/h3-9,12-20,24-25,35H,10-11,21-23,26-28H2,1-2H3,(H2,39,43)(H,40,44);7-10,14-15,21,34H,3-6,11-13,16H2,1-2H3,(H2,32,40)(H4,30,31,37)(H3,33,35,38,41);9-12,15-16,22,25H,4-8,13-14,17H2,1-3H3,(H2,24,27);1H3,(H4,9,10,13)(H2,11,14,15);1H;3*1H2/b12-9+;;;;;;;/t35-;21-;22-;;;;;/m000...../s1. The maximum atomic E-state index is 13.3. The first-order chi connectivity index (χ1) is 62.7. The number of hydrogen-bond donors (Lipinski definition) is 14. The lowest BCUT2D eigenvalue weighted by Crippen LogP contribution is -2.50. The van der Waals surface area contributed by atoms with Gasteiger partial charge in [-0.3, -0.25) is 44.6 Å². The van der Waals surface area contributed by atoms with Gasteiger partial charge in [-0.1, -0.05) is 231 Å². The summed E-state index contributed by atoms with van der Waals surface area (Å²) in [6.45, 7) is 8.05. The number of amides is 7. The molecule has 732 valence electrons. The number of nitrogen functional groups attached to an aromatic ring is 4. The van der Waals surface area contributed by atoms with Crippen LogP contribution < -0.4 is 72.5 Å². The van der Waals surface area contributed by atoms with Crippen LogP contribution in [0.3, 0.4) is 0 Å². The Morgan fingerprint density at radius 2 is 0.889 bits per heavy atom. The van der Waals surface area contributed by atoms with E-state index in [1.54, 1.807) is 6.26 Å². The number of anilines is 4. The minimum atomic E-state index is -0.857. The summed E-state index contributed by atoms with van der Waals surface area (Å²) in [5.41, 5.74) is 53.2. The first-order valence-electron chi connectivity index (χ1n) is 43.4. The van der Waals surface area contributed by atoms with Crippen molar-refractivity contribution in [2.45, 2.75) is 128 Å². The lowest BCUT2D eigenvalue weighted by Gasteiger charge is -2.29. The van der Waals surface area contributed by atoms with E-state index in [4.69, 9.17) is 84.0 Å². The van der Waals surface area contributed by atoms with Crippen LogP contribution in [0.1, 0.15) is 130 Å². The second-order valence-electron chi connectivity index (χ2n) is 32.1. The van der Waals surface area contributed by atoms with E-state index in [1.807, 2.05) is 142 Å². The fraction of sp³-hybridized carbons (Fsp3) is 0.365. The number of carbonyl (C=O) groups excluding carboxylic acids is 7. The second-order valence-corrected chi connectivity index (χ2v) is 33.6. The molecule has 2 aromatic heterocycles. The summed E-state index contributed by atoms with van der Waals surface area (Å²) in [6, 6.07) is 55.3. The summed E-state index contributed by atoms with van der Waals surface area (Å²) in [5, 5.41) is 27.9. The Bertz CT molecular complexity index is 5490. The number of rotatable bonds is 43. The van der Waals surface area contributed by atoms with Gasteiger partial charge in [0.05, 0.1) is 12.1 Å². The van der Waals surface area contributed by atoms with E-state index in [2.05, 4.69) is 155 Å². The molecule has 0 aliphatic carbocycles. The summed E-state index contributed by atoms with van der Waals surface area (Å²) in [5.74, 6) is -2.96. The van der Waals surface area contributed by atoms with Crippen molar-refractivity contribution in [2.24, 2.45) is 27.9 Å². The van der Waals surface area contributed by atoms with Gasteiger partial charge in [-0.25, -0.2) is 29.5 Å². The van der Waals surface area contributed by atoms with E-state index in [9.17, 15) is 33.6 Å². The fourth-order valence-electron chi connectivity index (χ4n) is 13.6. The molecule has 39 heteroatoms. The van der Waals surface area contributed by atoms with Crippen LogP contribution in [0, 0.1) is 5.41 Å². The van der Waals surface area contributed by atoms with Crippen LogP contribution in [-0.4, -0.2) is 211 Å². The molecule has 0 saturated heterocycles. The molecule has 10 aromatic rings. The Labute approximate surface area is 844 Å². The number of carbonyl (C=O) groups is 7. The molecule has 135 heavy (non-hydrogen) atoms. The summed E-state index contributed by atoms with van der Waals surface area (Å²) in [6.07, 6.45) is 16.8. The van der Waals surface area contributed by atoms with Crippen LogP contribution in [0.4, 0.5) is 32.9 Å². The average Bonchev–Trinajstić information content (AvgIpc) is 0.876. The number of alkyl carbamates (subject to hydrolysis) is 1. The minimum absolute atomic E-state index is 0. The third-order valence-corrected chi connectivity index (χ3v) is 21.7. The quantitative estimate of drug-likeness (QED) is 0.00730. The molecule has 0 saturated carbocycles. The van der Waals surface area contributed by atoms with Crippen LogP contribution >= 0.6 is 99.4 Å². The van der Waals surface area contributed by atoms with Gasteiger partial charge in [0, 0.05) is 26.1 Å². The maximum absolute atomic E-state index is 13.3. The number of benzene rings is 8. The molecule has 0 fully saturated rings. The molecule has 0 unspecified atom stereocenters. The average molecular weight is 2080 g/mol. The SMILES string of the molecule is CCCCCc1ccc2cc(C[C@H](NCCCN(C)C)C(N)=O)ccc2c1.CN(C)CCCN(C(=O)OCc1ccccc1)[C@@H](Cc1ccc2cc(/C=C/CCNC(=O)OCc3ccccc3)ccc2c1)C(N)=O.CN(C)CCCN[C@@H](Cc1ccc2cc(CCCCN=C(N)NC(=O)c3nc(Cl)c(N)nc3N)ccc2c1)C(N)=O.CSC(=N)NC(=O)c1nc(Cl)c(N)nc1N.I.S.S.S. The summed E-state index contributed by atoms with van der Waals surface area (Å²) >= 11 is 12.5. The topological polar surface area (TPSA) is 507 Å². The van der Waals surface area contributed by atoms with Gasteiger partial charge < -0.3 is 91.3 Å². The summed E-state index contributed by atoms with van der Waals surface area (Å²) in [7, 11) is 12.1. The highest BCUT2D eigenvalue weighted by atomic mass is 127. The third kappa shape index (κ3) is 43.4. The first kappa shape index (κ1) is 118. The molecule has 8 aromatic carbocycles. The van der Waals surface area contributed by atoms with E-state index >= 15 is 0 Å². The van der Waals surface area contributed by atoms with E-state index in [-0.39, 0.29) is 158 Å². The highest BCUT2D eigenvalue weighted by Gasteiger charge is 2.30. The number of aryl methyl sites for hydroxylation is 2. The Hall–Kier alpha value is -10.8. The maximum Gasteiger partial charge on any atom is 0.410 e. The molecule has 7 amide bonds. The number of halogens is 3. The van der Waals surface area contributed by atoms with Gasteiger partial charge in [-0.2, -0.15) is 40.5 Å². The van der Waals surface area contributed by atoms with Gasteiger partial charge in [0.2, 0.25) is 17.7 Å². The van der Waals surface area contributed by atoms with Gasteiger partial charge in [0.15, 0.2) is 56.1 Å².